The number of nitrogens with zero attached hydrogens (tertiary/aromatic N) is 4. The second kappa shape index (κ2) is 9.73. The van der Waals surface area contributed by atoms with Crippen LogP contribution in [0.5, 0.6) is 0 Å². The summed E-state index contributed by atoms with van der Waals surface area (Å²) in [4.78, 5) is 2.26. The van der Waals surface area contributed by atoms with Crippen LogP contribution in [0.3, 0.4) is 0 Å². The molecule has 0 aliphatic carbocycles. The van der Waals surface area contributed by atoms with E-state index < -0.39 is 10.0 Å². The van der Waals surface area contributed by atoms with Gasteiger partial charge in [0, 0.05) is 48.9 Å². The maximum Gasteiger partial charge on any atom is 0.243 e. The first-order valence-electron chi connectivity index (χ1n) is 9.09. The number of nitriles is 1. The average molecular weight is 445 g/mol. The Kier molecular flexibility index (Phi) is 7.58. The second-order valence-corrected chi connectivity index (χ2v) is 10.2. The maximum absolute atomic E-state index is 12.7. The topological polar surface area (TPSA) is 103 Å². The molecule has 0 radical (unpaired) electrons. The Hall–Kier alpha value is -0.900. The molecule has 2 saturated heterocycles. The van der Waals surface area contributed by atoms with Crippen LogP contribution in [0.2, 0.25) is 5.02 Å². The number of sulfonamides is 1. The lowest BCUT2D eigenvalue weighted by Gasteiger charge is -2.42. The van der Waals surface area contributed by atoms with Crippen LogP contribution in [0.25, 0.3) is 0 Å². The highest BCUT2D eigenvalue weighted by atomic mass is 35.5. The predicted octanol–water partition coefficient (Wildman–Crippen LogP) is 1.70. The molecule has 1 aromatic carbocycles. The van der Waals surface area contributed by atoms with Crippen LogP contribution < -0.4 is 5.43 Å². The lowest BCUT2D eigenvalue weighted by molar-refractivity contribution is 0.132. The number of thioether (sulfide) groups is 1. The highest BCUT2D eigenvalue weighted by molar-refractivity contribution is 7.99. The van der Waals surface area contributed by atoms with Gasteiger partial charge in [-0.05, 0) is 37.1 Å². The number of hydrogen-bond acceptors (Lipinski definition) is 8. The van der Waals surface area contributed by atoms with Gasteiger partial charge in [-0.25, -0.2) is 8.42 Å². The predicted molar refractivity (Wildman–Crippen MR) is 110 cm³/mol. The summed E-state index contributed by atoms with van der Waals surface area (Å²) in [5.41, 5.74) is 2.85. The van der Waals surface area contributed by atoms with Gasteiger partial charge in [0.05, 0.1) is 11.0 Å². The van der Waals surface area contributed by atoms with Gasteiger partial charge in [-0.3, -0.25) is 10.3 Å². The highest BCUT2D eigenvalue weighted by Crippen LogP contribution is 2.24. The van der Waals surface area contributed by atoms with Crippen LogP contribution in [0.4, 0.5) is 0 Å². The van der Waals surface area contributed by atoms with Crippen molar-refractivity contribution in [1.82, 2.24) is 19.8 Å². The molecule has 8 nitrogen and oxygen atoms in total. The van der Waals surface area contributed by atoms with Gasteiger partial charge in [-0.2, -0.15) is 9.57 Å². The van der Waals surface area contributed by atoms with Crippen molar-refractivity contribution in [1.29, 1.82) is 5.26 Å². The normalized spacial score (nSPS) is 22.6. The number of hydrazine groups is 1. The third-order valence-corrected chi connectivity index (χ3v) is 8.23. The first kappa shape index (κ1) is 21.8. The minimum atomic E-state index is -3.57. The molecule has 1 N–H and O–H groups in total. The molecule has 2 aliphatic heterocycles. The molecule has 1 unspecified atom stereocenters. The molecule has 1 atom stereocenters. The van der Waals surface area contributed by atoms with Crippen molar-refractivity contribution in [2.24, 2.45) is 0 Å². The molecule has 2 heterocycles. The molecular weight excluding hydrogens is 422 g/mol. The fourth-order valence-corrected chi connectivity index (χ4v) is 6.08. The van der Waals surface area contributed by atoms with Gasteiger partial charge in [-0.1, -0.05) is 11.6 Å². The van der Waals surface area contributed by atoms with Crippen LogP contribution >= 0.6 is 23.4 Å². The number of hydroxylamine groups is 1. The molecule has 0 aromatic heterocycles. The fourth-order valence-electron chi connectivity index (χ4n) is 3.32. The largest absolute Gasteiger partial charge is 0.771 e. The highest BCUT2D eigenvalue weighted by Gasteiger charge is 2.30. The van der Waals surface area contributed by atoms with Gasteiger partial charge >= 0.3 is 0 Å². The first-order chi connectivity index (χ1) is 13.4. The van der Waals surface area contributed by atoms with Crippen LogP contribution in [-0.2, 0) is 10.0 Å². The van der Waals surface area contributed by atoms with Crippen molar-refractivity contribution in [3.05, 3.63) is 34.5 Å². The van der Waals surface area contributed by atoms with E-state index >= 15 is 0 Å². The molecule has 11 heteroatoms. The Balaban J connectivity index is 1.45. The van der Waals surface area contributed by atoms with Crippen molar-refractivity contribution >= 4 is 33.4 Å². The van der Waals surface area contributed by atoms with Gasteiger partial charge < -0.3 is 10.4 Å². The number of nitrogens with one attached hydrogen (secondary N) is 1. The Labute approximate surface area is 175 Å². The first-order valence-corrected chi connectivity index (χ1v) is 12.1. The van der Waals surface area contributed by atoms with E-state index in [1.165, 1.54) is 16.4 Å². The number of rotatable bonds is 7. The van der Waals surface area contributed by atoms with E-state index in [0.29, 0.717) is 44.0 Å². The number of hydrogen-bond donors (Lipinski definition) is 1. The molecule has 0 bridgehead atoms. The zero-order valence-electron chi connectivity index (χ0n) is 15.3. The van der Waals surface area contributed by atoms with Crippen LogP contribution in [0, 0.1) is 16.5 Å². The van der Waals surface area contributed by atoms with Crippen LogP contribution in [0.1, 0.15) is 12.8 Å². The summed E-state index contributed by atoms with van der Waals surface area (Å²) in [5.74, 6) is 1.61. The Morgan fingerprint density at radius 2 is 2.00 bits per heavy atom. The molecular formula is C17H23ClN5O3S2-. The Bertz CT molecular complexity index is 794. The van der Waals surface area contributed by atoms with E-state index in [0.717, 1.165) is 16.8 Å². The zero-order chi connectivity index (χ0) is 20.1. The van der Waals surface area contributed by atoms with E-state index in [4.69, 9.17) is 16.9 Å². The van der Waals surface area contributed by atoms with Gasteiger partial charge in [-0.15, -0.1) is 11.8 Å². The molecule has 0 spiro atoms. The quantitative estimate of drug-likeness (QED) is 0.634. The molecule has 154 valence electrons. The minimum Gasteiger partial charge on any atom is -0.771 e. The number of benzene rings is 1. The zero-order valence-corrected chi connectivity index (χ0v) is 17.7. The monoisotopic (exact) mass is 444 g/mol. The molecule has 0 amide bonds. The minimum absolute atomic E-state index is 0.0896. The molecule has 0 saturated carbocycles. The third kappa shape index (κ3) is 5.17. The lowest BCUT2D eigenvalue weighted by Crippen LogP contribution is -2.50. The third-order valence-electron chi connectivity index (χ3n) is 5.00. The van der Waals surface area contributed by atoms with E-state index in [2.05, 4.69) is 11.5 Å². The molecule has 1 aromatic rings. The fraction of sp³-hybridized carbons (Fsp3) is 0.588. The smallest absolute Gasteiger partial charge is 0.243 e. The SMILES string of the molecule is N#CC1CSCN1CCNN([O-])C1CCN(S(=O)(=O)c2ccc(Cl)cc2)CC1. The summed E-state index contributed by atoms with van der Waals surface area (Å²) < 4.78 is 26.8. The van der Waals surface area contributed by atoms with Gasteiger partial charge in [0.1, 0.15) is 6.04 Å². The summed E-state index contributed by atoms with van der Waals surface area (Å²) in [6, 6.07) is 8.01. The maximum atomic E-state index is 12.7. The van der Waals surface area contributed by atoms with E-state index in [1.807, 2.05) is 4.90 Å². The van der Waals surface area contributed by atoms with Crippen molar-refractivity contribution in [2.45, 2.75) is 29.8 Å². The second-order valence-electron chi connectivity index (χ2n) is 6.78. The van der Waals surface area contributed by atoms with Gasteiger partial charge in [0.2, 0.25) is 10.0 Å². The number of halogens is 1. The summed E-state index contributed by atoms with van der Waals surface area (Å²) in [6.07, 6.45) is 0.924. The lowest BCUT2D eigenvalue weighted by atomic mass is 10.1. The molecule has 2 fully saturated rings. The summed E-state index contributed by atoms with van der Waals surface area (Å²) in [6.45, 7) is 1.70. The number of piperidine rings is 1. The summed E-state index contributed by atoms with van der Waals surface area (Å²) in [5, 5.41) is 22.7. The van der Waals surface area contributed by atoms with E-state index in [1.54, 1.807) is 23.9 Å². The molecule has 2 aliphatic rings. The Morgan fingerprint density at radius 3 is 2.64 bits per heavy atom. The van der Waals surface area contributed by atoms with Crippen molar-refractivity contribution in [3.63, 3.8) is 0 Å². The molecule has 28 heavy (non-hydrogen) atoms. The van der Waals surface area contributed by atoms with E-state index in [9.17, 15) is 13.6 Å². The van der Waals surface area contributed by atoms with Crippen LogP contribution in [-0.4, -0.2) is 72.7 Å². The average Bonchev–Trinajstić information content (AvgIpc) is 3.16. The van der Waals surface area contributed by atoms with Crippen molar-refractivity contribution in [2.75, 3.05) is 37.8 Å². The van der Waals surface area contributed by atoms with Crippen LogP contribution in [0.15, 0.2) is 29.2 Å². The van der Waals surface area contributed by atoms with Crippen molar-refractivity contribution < 1.29 is 8.42 Å². The molecule has 3 rings (SSSR count). The van der Waals surface area contributed by atoms with E-state index in [-0.39, 0.29) is 17.0 Å². The van der Waals surface area contributed by atoms with Crippen molar-refractivity contribution in [3.8, 4) is 6.07 Å². The van der Waals surface area contributed by atoms with Gasteiger partial charge in [0.15, 0.2) is 0 Å². The summed E-state index contributed by atoms with van der Waals surface area (Å²) in [7, 11) is -3.57. The Morgan fingerprint density at radius 1 is 1.32 bits per heavy atom. The van der Waals surface area contributed by atoms with Gasteiger partial charge in [0.25, 0.3) is 0 Å². The summed E-state index contributed by atoms with van der Waals surface area (Å²) >= 11 is 7.54. The standard InChI is InChI=1S/C17H23ClN5O3S2/c18-14-1-3-17(4-2-14)28(25,26)22-8-5-15(6-9-22)23(24)20-7-10-21-13-27-12-16(21)11-19/h1-4,15-16,20H,5-10,12-13H2/q-1.